The van der Waals surface area contributed by atoms with Gasteiger partial charge in [-0.05, 0) is 35.4 Å². The Kier molecular flexibility index (Phi) is 7.58. The molecule has 3 rings (SSSR count). The summed E-state index contributed by atoms with van der Waals surface area (Å²) in [5.74, 6) is 0.818. The summed E-state index contributed by atoms with van der Waals surface area (Å²) in [4.78, 5) is 16.1. The summed E-state index contributed by atoms with van der Waals surface area (Å²) in [6, 6.07) is 23.8. The van der Waals surface area contributed by atoms with Crippen LogP contribution in [-0.4, -0.2) is 24.0 Å². The Morgan fingerprint density at radius 1 is 0.893 bits per heavy atom. The van der Waals surface area contributed by atoms with Crippen LogP contribution in [0.3, 0.4) is 0 Å². The maximum Gasteiger partial charge on any atom is 0.233 e. The predicted molar refractivity (Wildman–Crippen MR) is 110 cm³/mol. The molecular formula is C23H25N3O2. The second kappa shape index (κ2) is 10.8. The van der Waals surface area contributed by atoms with E-state index in [-0.39, 0.29) is 12.5 Å². The van der Waals surface area contributed by atoms with Crippen LogP contribution in [0.4, 0.5) is 0 Å². The van der Waals surface area contributed by atoms with Crippen LogP contribution in [0.15, 0.2) is 79.0 Å². The molecule has 0 fully saturated rings. The van der Waals surface area contributed by atoms with Gasteiger partial charge in [0.1, 0.15) is 12.4 Å². The Bertz CT molecular complexity index is 837. The van der Waals surface area contributed by atoms with Gasteiger partial charge >= 0.3 is 0 Å². The van der Waals surface area contributed by atoms with E-state index in [0.29, 0.717) is 19.7 Å². The van der Waals surface area contributed by atoms with E-state index in [9.17, 15) is 4.79 Å². The van der Waals surface area contributed by atoms with Crippen LogP contribution in [0.5, 0.6) is 5.75 Å². The van der Waals surface area contributed by atoms with Crippen molar-refractivity contribution in [1.29, 1.82) is 0 Å². The van der Waals surface area contributed by atoms with Gasteiger partial charge in [-0.1, -0.05) is 48.5 Å². The molecule has 5 nitrogen and oxygen atoms in total. The Labute approximate surface area is 165 Å². The molecule has 1 aromatic heterocycles. The van der Waals surface area contributed by atoms with Crippen molar-refractivity contribution in [3.8, 4) is 5.75 Å². The summed E-state index contributed by atoms with van der Waals surface area (Å²) in [6.45, 7) is 2.06. The van der Waals surface area contributed by atoms with E-state index < -0.39 is 0 Å². The molecule has 0 saturated heterocycles. The highest BCUT2D eigenvalue weighted by atomic mass is 16.5. The highest BCUT2D eigenvalue weighted by molar-refractivity contribution is 5.77. The zero-order valence-corrected chi connectivity index (χ0v) is 15.8. The fraction of sp³-hybridized carbons (Fsp3) is 0.217. The summed E-state index contributed by atoms with van der Waals surface area (Å²) in [5, 5.41) is 6.06. The Morgan fingerprint density at radius 3 is 2.43 bits per heavy atom. The lowest BCUT2D eigenvalue weighted by atomic mass is 10.2. The van der Waals surface area contributed by atoms with Gasteiger partial charge < -0.3 is 15.4 Å². The second-order valence-corrected chi connectivity index (χ2v) is 6.44. The molecular weight excluding hydrogens is 350 g/mol. The number of amides is 1. The molecule has 1 heterocycles. The molecule has 0 aliphatic heterocycles. The lowest BCUT2D eigenvalue weighted by Gasteiger charge is -2.09. The number of rotatable bonds is 10. The lowest BCUT2D eigenvalue weighted by Crippen LogP contribution is -2.34. The van der Waals surface area contributed by atoms with Gasteiger partial charge in [-0.2, -0.15) is 0 Å². The molecule has 144 valence electrons. The molecule has 0 saturated carbocycles. The normalized spacial score (nSPS) is 10.4. The van der Waals surface area contributed by atoms with Crippen LogP contribution < -0.4 is 15.4 Å². The van der Waals surface area contributed by atoms with Crippen molar-refractivity contribution in [3.63, 3.8) is 0 Å². The lowest BCUT2D eigenvalue weighted by molar-refractivity contribution is -0.120. The topological polar surface area (TPSA) is 63.2 Å². The number of ether oxygens (including phenoxy) is 1. The standard InChI is InChI=1S/C23H25N3O2/c27-23(26-15-13-21-8-4-5-14-25-21)17-24-16-19-9-11-22(12-10-19)28-18-20-6-2-1-3-7-20/h1-12,14,24H,13,15-18H2,(H,26,27). The third kappa shape index (κ3) is 6.85. The molecule has 3 aromatic rings. The quantitative estimate of drug-likeness (QED) is 0.572. The van der Waals surface area contributed by atoms with E-state index in [1.54, 1.807) is 6.20 Å². The highest BCUT2D eigenvalue weighted by Gasteiger charge is 2.02. The van der Waals surface area contributed by atoms with E-state index >= 15 is 0 Å². The minimum atomic E-state index is -0.0151. The first-order valence-electron chi connectivity index (χ1n) is 9.42. The first kappa shape index (κ1) is 19.6. The van der Waals surface area contributed by atoms with Crippen molar-refractivity contribution >= 4 is 5.91 Å². The number of pyridine rings is 1. The maximum absolute atomic E-state index is 11.9. The third-order valence-corrected chi connectivity index (χ3v) is 4.22. The molecule has 0 radical (unpaired) electrons. The fourth-order valence-corrected chi connectivity index (χ4v) is 2.70. The number of carbonyl (C=O) groups excluding carboxylic acids is 1. The van der Waals surface area contributed by atoms with Gasteiger partial charge in [0.25, 0.3) is 0 Å². The SMILES string of the molecule is O=C(CNCc1ccc(OCc2ccccc2)cc1)NCCc1ccccn1. The highest BCUT2D eigenvalue weighted by Crippen LogP contribution is 2.14. The zero-order chi connectivity index (χ0) is 19.4. The molecule has 0 atom stereocenters. The molecule has 1 amide bonds. The van der Waals surface area contributed by atoms with Gasteiger partial charge in [0.2, 0.25) is 5.91 Å². The van der Waals surface area contributed by atoms with Crippen LogP contribution in [-0.2, 0) is 24.4 Å². The molecule has 0 aliphatic carbocycles. The molecule has 2 N–H and O–H groups in total. The van der Waals surface area contributed by atoms with Gasteiger partial charge in [0, 0.05) is 31.4 Å². The van der Waals surface area contributed by atoms with E-state index in [1.165, 1.54) is 0 Å². The van der Waals surface area contributed by atoms with Crippen molar-refractivity contribution in [2.45, 2.75) is 19.6 Å². The summed E-state index contributed by atoms with van der Waals surface area (Å²) >= 11 is 0. The van der Waals surface area contributed by atoms with Crippen molar-refractivity contribution in [3.05, 3.63) is 95.8 Å². The minimum Gasteiger partial charge on any atom is -0.489 e. The number of hydrogen-bond donors (Lipinski definition) is 2. The van der Waals surface area contributed by atoms with E-state index in [2.05, 4.69) is 15.6 Å². The van der Waals surface area contributed by atoms with Crippen molar-refractivity contribution < 1.29 is 9.53 Å². The number of aromatic nitrogens is 1. The molecule has 0 spiro atoms. The summed E-state index contributed by atoms with van der Waals surface area (Å²) in [5.41, 5.74) is 3.22. The van der Waals surface area contributed by atoms with Crippen LogP contribution in [0.1, 0.15) is 16.8 Å². The number of nitrogens with zero attached hydrogens (tertiary/aromatic N) is 1. The predicted octanol–water partition coefficient (Wildman–Crippen LogP) is 3.11. The molecule has 28 heavy (non-hydrogen) atoms. The molecule has 0 aliphatic rings. The molecule has 2 aromatic carbocycles. The van der Waals surface area contributed by atoms with Crippen molar-refractivity contribution in [1.82, 2.24) is 15.6 Å². The van der Waals surface area contributed by atoms with Crippen LogP contribution in [0.2, 0.25) is 0 Å². The second-order valence-electron chi connectivity index (χ2n) is 6.44. The number of hydrogen-bond acceptors (Lipinski definition) is 4. The Hall–Kier alpha value is -3.18. The molecule has 0 bridgehead atoms. The summed E-state index contributed by atoms with van der Waals surface area (Å²) in [6.07, 6.45) is 2.49. The summed E-state index contributed by atoms with van der Waals surface area (Å²) in [7, 11) is 0. The molecule has 0 unspecified atom stereocenters. The van der Waals surface area contributed by atoms with Crippen molar-refractivity contribution in [2.24, 2.45) is 0 Å². The van der Waals surface area contributed by atoms with E-state index in [4.69, 9.17) is 4.74 Å². The average molecular weight is 375 g/mol. The molecule has 5 heteroatoms. The van der Waals surface area contributed by atoms with Crippen LogP contribution in [0.25, 0.3) is 0 Å². The van der Waals surface area contributed by atoms with Gasteiger partial charge in [0.15, 0.2) is 0 Å². The van der Waals surface area contributed by atoms with Gasteiger partial charge in [-0.3, -0.25) is 9.78 Å². The number of benzene rings is 2. The first-order valence-corrected chi connectivity index (χ1v) is 9.42. The van der Waals surface area contributed by atoms with E-state index in [1.807, 2.05) is 72.8 Å². The summed E-state index contributed by atoms with van der Waals surface area (Å²) < 4.78 is 5.78. The zero-order valence-electron chi connectivity index (χ0n) is 15.8. The minimum absolute atomic E-state index is 0.0151. The van der Waals surface area contributed by atoms with Gasteiger partial charge in [-0.15, -0.1) is 0 Å². The average Bonchev–Trinajstić information content (AvgIpc) is 2.75. The Morgan fingerprint density at radius 2 is 1.68 bits per heavy atom. The smallest absolute Gasteiger partial charge is 0.233 e. The van der Waals surface area contributed by atoms with Gasteiger partial charge in [-0.25, -0.2) is 0 Å². The van der Waals surface area contributed by atoms with Crippen LogP contribution >= 0.6 is 0 Å². The third-order valence-electron chi connectivity index (χ3n) is 4.22. The number of carbonyl (C=O) groups is 1. The largest absolute Gasteiger partial charge is 0.489 e. The number of nitrogens with one attached hydrogen (secondary N) is 2. The maximum atomic E-state index is 11.9. The first-order chi connectivity index (χ1) is 13.8. The fourth-order valence-electron chi connectivity index (χ4n) is 2.70. The van der Waals surface area contributed by atoms with Crippen LogP contribution in [0, 0.1) is 0 Å². The van der Waals surface area contributed by atoms with E-state index in [0.717, 1.165) is 29.0 Å². The van der Waals surface area contributed by atoms with Gasteiger partial charge in [0.05, 0.1) is 6.54 Å². The monoisotopic (exact) mass is 375 g/mol. The van der Waals surface area contributed by atoms with Crippen molar-refractivity contribution in [2.75, 3.05) is 13.1 Å². The Balaban J connectivity index is 1.31.